The number of amides is 1. The maximum Gasteiger partial charge on any atom is 0.269 e. The van der Waals surface area contributed by atoms with E-state index in [9.17, 15) is 14.9 Å². The molecule has 114 valence electrons. The number of carbonyl (C=O) groups excluding carboxylic acids is 1. The number of ether oxygens (including phenoxy) is 1. The van der Waals surface area contributed by atoms with Crippen LogP contribution in [0.1, 0.15) is 22.8 Å². The fourth-order valence-corrected chi connectivity index (χ4v) is 2.35. The largest absolute Gasteiger partial charge is 0.373 e. The molecule has 2 unspecified atom stereocenters. The SMILES string of the molecule is Cc1cc([N+](=O)[O-])ccc1C(=O)N1CCOC(C(C)N)C1. The minimum Gasteiger partial charge on any atom is -0.373 e. The van der Waals surface area contributed by atoms with Crippen LogP contribution in [0.15, 0.2) is 18.2 Å². The third kappa shape index (κ3) is 3.37. The molecule has 1 aromatic carbocycles. The van der Waals surface area contributed by atoms with Crippen LogP contribution in [-0.4, -0.2) is 47.6 Å². The van der Waals surface area contributed by atoms with E-state index in [2.05, 4.69) is 0 Å². The Morgan fingerprint density at radius 1 is 1.57 bits per heavy atom. The van der Waals surface area contributed by atoms with Crippen molar-refractivity contribution >= 4 is 11.6 Å². The Morgan fingerprint density at radius 3 is 2.86 bits per heavy atom. The van der Waals surface area contributed by atoms with Crippen LogP contribution in [0, 0.1) is 17.0 Å². The molecule has 2 N–H and O–H groups in total. The second kappa shape index (κ2) is 6.19. The average molecular weight is 293 g/mol. The highest BCUT2D eigenvalue weighted by Gasteiger charge is 2.28. The Hall–Kier alpha value is -1.99. The molecule has 0 saturated carbocycles. The van der Waals surface area contributed by atoms with Crippen molar-refractivity contribution in [3.8, 4) is 0 Å². The Morgan fingerprint density at radius 2 is 2.29 bits per heavy atom. The molecule has 1 fully saturated rings. The van der Waals surface area contributed by atoms with Gasteiger partial charge in [-0.1, -0.05) is 0 Å². The summed E-state index contributed by atoms with van der Waals surface area (Å²) in [6.07, 6.45) is -0.180. The van der Waals surface area contributed by atoms with Crippen LogP contribution in [0.4, 0.5) is 5.69 Å². The summed E-state index contributed by atoms with van der Waals surface area (Å²) in [7, 11) is 0. The number of morpholine rings is 1. The van der Waals surface area contributed by atoms with Crippen molar-refractivity contribution < 1.29 is 14.5 Å². The lowest BCUT2D eigenvalue weighted by atomic mass is 10.1. The van der Waals surface area contributed by atoms with Gasteiger partial charge in [-0.3, -0.25) is 14.9 Å². The highest BCUT2D eigenvalue weighted by molar-refractivity contribution is 5.96. The molecule has 7 heteroatoms. The molecule has 0 bridgehead atoms. The van der Waals surface area contributed by atoms with E-state index in [0.717, 1.165) is 0 Å². The van der Waals surface area contributed by atoms with Gasteiger partial charge in [0.15, 0.2) is 0 Å². The molecule has 7 nitrogen and oxygen atoms in total. The first-order chi connectivity index (χ1) is 9.90. The van der Waals surface area contributed by atoms with Crippen molar-refractivity contribution in [1.82, 2.24) is 4.90 Å². The van der Waals surface area contributed by atoms with Crippen molar-refractivity contribution in [2.75, 3.05) is 19.7 Å². The monoisotopic (exact) mass is 293 g/mol. The summed E-state index contributed by atoms with van der Waals surface area (Å²) >= 11 is 0. The van der Waals surface area contributed by atoms with E-state index in [1.165, 1.54) is 18.2 Å². The number of nitro groups is 1. The highest BCUT2D eigenvalue weighted by Crippen LogP contribution is 2.20. The zero-order valence-electron chi connectivity index (χ0n) is 12.1. The van der Waals surface area contributed by atoms with E-state index >= 15 is 0 Å². The van der Waals surface area contributed by atoms with Gasteiger partial charge in [-0.25, -0.2) is 0 Å². The van der Waals surface area contributed by atoms with E-state index in [-0.39, 0.29) is 23.7 Å². The van der Waals surface area contributed by atoms with Crippen LogP contribution in [0.25, 0.3) is 0 Å². The zero-order valence-corrected chi connectivity index (χ0v) is 12.1. The van der Waals surface area contributed by atoms with Gasteiger partial charge in [0.2, 0.25) is 0 Å². The van der Waals surface area contributed by atoms with E-state index in [4.69, 9.17) is 10.5 Å². The van der Waals surface area contributed by atoms with Gasteiger partial charge in [0.25, 0.3) is 11.6 Å². The predicted octanol–water partition coefficient (Wildman–Crippen LogP) is 1.09. The molecule has 1 aliphatic heterocycles. The number of rotatable bonds is 3. The number of nitrogens with two attached hydrogens (primary N) is 1. The van der Waals surface area contributed by atoms with E-state index < -0.39 is 4.92 Å². The number of benzene rings is 1. The molecule has 1 saturated heterocycles. The molecule has 21 heavy (non-hydrogen) atoms. The van der Waals surface area contributed by atoms with Crippen molar-refractivity contribution in [2.24, 2.45) is 5.73 Å². The van der Waals surface area contributed by atoms with Crippen LogP contribution >= 0.6 is 0 Å². The Bertz CT molecular complexity index is 559. The summed E-state index contributed by atoms with van der Waals surface area (Å²) in [6, 6.07) is 4.12. The van der Waals surface area contributed by atoms with E-state index in [0.29, 0.717) is 30.8 Å². The molecule has 2 atom stereocenters. The van der Waals surface area contributed by atoms with Crippen LogP contribution in [0.3, 0.4) is 0 Å². The third-order valence-electron chi connectivity index (χ3n) is 3.62. The summed E-state index contributed by atoms with van der Waals surface area (Å²) in [4.78, 5) is 24.5. The van der Waals surface area contributed by atoms with Gasteiger partial charge in [-0.2, -0.15) is 0 Å². The second-order valence-electron chi connectivity index (χ2n) is 5.28. The fraction of sp³-hybridized carbons (Fsp3) is 0.500. The first-order valence-electron chi connectivity index (χ1n) is 6.81. The minimum atomic E-state index is -0.470. The third-order valence-corrected chi connectivity index (χ3v) is 3.62. The van der Waals surface area contributed by atoms with E-state index in [1.807, 2.05) is 6.92 Å². The smallest absolute Gasteiger partial charge is 0.269 e. The molecule has 0 radical (unpaired) electrons. The van der Waals surface area contributed by atoms with Gasteiger partial charge in [-0.15, -0.1) is 0 Å². The standard InChI is InChI=1S/C14H19N3O4/c1-9-7-11(17(19)20)3-4-12(9)14(18)16-5-6-21-13(8-16)10(2)15/h3-4,7,10,13H,5-6,8,15H2,1-2H3. The molecule has 0 aromatic heterocycles. The summed E-state index contributed by atoms with van der Waals surface area (Å²) in [5, 5.41) is 10.7. The number of hydrogen-bond acceptors (Lipinski definition) is 5. The number of aryl methyl sites for hydroxylation is 1. The number of carbonyl (C=O) groups is 1. The maximum absolute atomic E-state index is 12.5. The van der Waals surface area contributed by atoms with Gasteiger partial charge < -0.3 is 15.4 Å². The number of nitro benzene ring substituents is 1. The van der Waals surface area contributed by atoms with Crippen molar-refractivity contribution in [3.05, 3.63) is 39.4 Å². The molecule has 1 heterocycles. The molecule has 0 spiro atoms. The lowest BCUT2D eigenvalue weighted by Gasteiger charge is -2.35. The summed E-state index contributed by atoms with van der Waals surface area (Å²) in [5.41, 5.74) is 6.87. The number of nitrogens with zero attached hydrogens (tertiary/aromatic N) is 2. The molecule has 0 aliphatic carbocycles. The van der Waals surface area contributed by atoms with Gasteiger partial charge in [-0.05, 0) is 25.5 Å². The molecule has 1 aliphatic rings. The van der Waals surface area contributed by atoms with Gasteiger partial charge >= 0.3 is 0 Å². The Kier molecular flexibility index (Phi) is 4.54. The normalized spacial score (nSPS) is 20.1. The van der Waals surface area contributed by atoms with Crippen molar-refractivity contribution in [3.63, 3.8) is 0 Å². The fourth-order valence-electron chi connectivity index (χ4n) is 2.35. The van der Waals surface area contributed by atoms with Crippen molar-refractivity contribution in [2.45, 2.75) is 26.0 Å². The van der Waals surface area contributed by atoms with Crippen molar-refractivity contribution in [1.29, 1.82) is 0 Å². The summed E-state index contributed by atoms with van der Waals surface area (Å²) < 4.78 is 5.53. The number of non-ortho nitro benzene ring substituents is 1. The first-order valence-corrected chi connectivity index (χ1v) is 6.81. The quantitative estimate of drug-likeness (QED) is 0.664. The minimum absolute atomic E-state index is 0.0144. The Balaban J connectivity index is 2.18. The summed E-state index contributed by atoms with van der Waals surface area (Å²) in [5.74, 6) is -0.142. The van der Waals surface area contributed by atoms with Crippen LogP contribution in [0.5, 0.6) is 0 Å². The molecular formula is C14H19N3O4. The predicted molar refractivity (Wildman–Crippen MR) is 77.1 cm³/mol. The second-order valence-corrected chi connectivity index (χ2v) is 5.28. The topological polar surface area (TPSA) is 98.7 Å². The zero-order chi connectivity index (χ0) is 15.6. The molecule has 1 aromatic rings. The number of hydrogen-bond donors (Lipinski definition) is 1. The first kappa shape index (κ1) is 15.4. The van der Waals surface area contributed by atoms with Crippen LogP contribution in [0.2, 0.25) is 0 Å². The highest BCUT2D eigenvalue weighted by atomic mass is 16.6. The van der Waals surface area contributed by atoms with Gasteiger partial charge in [0.1, 0.15) is 0 Å². The van der Waals surface area contributed by atoms with E-state index in [1.54, 1.807) is 11.8 Å². The van der Waals surface area contributed by atoms with Gasteiger partial charge in [0, 0.05) is 36.8 Å². The molecule has 1 amide bonds. The molecule has 2 rings (SSSR count). The maximum atomic E-state index is 12.5. The summed E-state index contributed by atoms with van der Waals surface area (Å²) in [6.45, 7) is 4.93. The molecular weight excluding hydrogens is 274 g/mol. The average Bonchev–Trinajstić information content (AvgIpc) is 2.46. The van der Waals surface area contributed by atoms with Gasteiger partial charge in [0.05, 0.1) is 17.6 Å². The van der Waals surface area contributed by atoms with Crippen LogP contribution in [-0.2, 0) is 4.74 Å². The lowest BCUT2D eigenvalue weighted by Crippen LogP contribution is -2.51. The van der Waals surface area contributed by atoms with Crippen LogP contribution < -0.4 is 5.73 Å². The lowest BCUT2D eigenvalue weighted by molar-refractivity contribution is -0.384. The Labute approximate surface area is 122 Å².